The molecular weight excluding hydrogens is 248 g/mol. The highest BCUT2D eigenvalue weighted by Crippen LogP contribution is 2.22. The van der Waals surface area contributed by atoms with Crippen molar-refractivity contribution in [3.8, 4) is 0 Å². The van der Waals surface area contributed by atoms with E-state index in [0.29, 0.717) is 11.8 Å². The lowest BCUT2D eigenvalue weighted by Crippen LogP contribution is -2.30. The van der Waals surface area contributed by atoms with Gasteiger partial charge >= 0.3 is 0 Å². The van der Waals surface area contributed by atoms with E-state index in [1.807, 2.05) is 13.2 Å². The fourth-order valence-corrected chi connectivity index (χ4v) is 2.17. The molecule has 0 aliphatic rings. The molecule has 1 heterocycles. The van der Waals surface area contributed by atoms with Gasteiger partial charge in [-0.1, -0.05) is 34.1 Å². The highest BCUT2D eigenvalue weighted by atomic mass is 15.2. The van der Waals surface area contributed by atoms with Crippen molar-refractivity contribution >= 4 is 5.69 Å². The zero-order chi connectivity index (χ0) is 15.1. The number of hydrogen-bond donors (Lipinski definition) is 1. The third kappa shape index (κ3) is 4.44. The molecule has 0 aliphatic heterocycles. The molecular formula is C16H30N4. The number of anilines is 1. The van der Waals surface area contributed by atoms with E-state index in [4.69, 9.17) is 4.98 Å². The standard InChI is InChI=1S/C16H30N4/c1-7-13(5)11-20(8-2)15-10-18-16(12(3)4)19-14(15)9-17-6/h10,12-13,17H,7-9,11H2,1-6H3. The quantitative estimate of drug-likeness (QED) is 0.793. The predicted octanol–water partition coefficient (Wildman–Crippen LogP) is 3.19. The van der Waals surface area contributed by atoms with E-state index in [1.165, 1.54) is 12.1 Å². The summed E-state index contributed by atoms with van der Waals surface area (Å²) < 4.78 is 0. The van der Waals surface area contributed by atoms with Crippen LogP contribution in [-0.2, 0) is 6.54 Å². The molecule has 0 aliphatic carbocycles. The molecule has 0 spiro atoms. The zero-order valence-corrected chi connectivity index (χ0v) is 13.9. The molecule has 4 heteroatoms. The maximum absolute atomic E-state index is 4.75. The molecule has 1 unspecified atom stereocenters. The van der Waals surface area contributed by atoms with Crippen molar-refractivity contribution in [2.24, 2.45) is 5.92 Å². The molecule has 0 saturated carbocycles. The lowest BCUT2D eigenvalue weighted by atomic mass is 10.1. The first-order valence-electron chi connectivity index (χ1n) is 7.78. The van der Waals surface area contributed by atoms with Gasteiger partial charge in [-0.25, -0.2) is 9.97 Å². The minimum Gasteiger partial charge on any atom is -0.369 e. The van der Waals surface area contributed by atoms with Crippen molar-refractivity contribution in [2.45, 2.75) is 53.5 Å². The molecule has 1 atom stereocenters. The molecule has 0 radical (unpaired) electrons. The Hall–Kier alpha value is -1.16. The van der Waals surface area contributed by atoms with Gasteiger partial charge < -0.3 is 10.2 Å². The lowest BCUT2D eigenvalue weighted by molar-refractivity contribution is 0.545. The average molecular weight is 278 g/mol. The van der Waals surface area contributed by atoms with Crippen LogP contribution in [-0.4, -0.2) is 30.1 Å². The fourth-order valence-electron chi connectivity index (χ4n) is 2.17. The van der Waals surface area contributed by atoms with Crippen LogP contribution in [0.15, 0.2) is 6.20 Å². The Morgan fingerprint density at radius 3 is 2.45 bits per heavy atom. The van der Waals surface area contributed by atoms with Crippen LogP contribution in [0.2, 0.25) is 0 Å². The highest BCUT2D eigenvalue weighted by molar-refractivity contribution is 5.49. The van der Waals surface area contributed by atoms with Crippen LogP contribution in [0.3, 0.4) is 0 Å². The smallest absolute Gasteiger partial charge is 0.131 e. The van der Waals surface area contributed by atoms with Crippen molar-refractivity contribution in [2.75, 3.05) is 25.0 Å². The highest BCUT2D eigenvalue weighted by Gasteiger charge is 2.15. The second-order valence-electron chi connectivity index (χ2n) is 5.80. The van der Waals surface area contributed by atoms with Gasteiger partial charge in [0, 0.05) is 25.6 Å². The lowest BCUT2D eigenvalue weighted by Gasteiger charge is -2.28. The van der Waals surface area contributed by atoms with Crippen molar-refractivity contribution in [3.63, 3.8) is 0 Å². The normalized spacial score (nSPS) is 12.8. The van der Waals surface area contributed by atoms with Gasteiger partial charge in [0.2, 0.25) is 0 Å². The van der Waals surface area contributed by atoms with E-state index in [9.17, 15) is 0 Å². The minimum absolute atomic E-state index is 0.365. The van der Waals surface area contributed by atoms with Gasteiger partial charge in [-0.15, -0.1) is 0 Å². The van der Waals surface area contributed by atoms with Crippen molar-refractivity contribution in [1.29, 1.82) is 0 Å². The minimum atomic E-state index is 0.365. The Morgan fingerprint density at radius 2 is 1.95 bits per heavy atom. The summed E-state index contributed by atoms with van der Waals surface area (Å²) in [7, 11) is 1.96. The maximum Gasteiger partial charge on any atom is 0.131 e. The second kappa shape index (κ2) is 8.20. The van der Waals surface area contributed by atoms with Gasteiger partial charge in [-0.2, -0.15) is 0 Å². The first-order chi connectivity index (χ1) is 9.53. The molecule has 1 rings (SSSR count). The first-order valence-corrected chi connectivity index (χ1v) is 7.78. The van der Waals surface area contributed by atoms with Crippen LogP contribution >= 0.6 is 0 Å². The van der Waals surface area contributed by atoms with Crippen LogP contribution in [0.25, 0.3) is 0 Å². The molecule has 1 N–H and O–H groups in total. The number of hydrogen-bond acceptors (Lipinski definition) is 4. The summed E-state index contributed by atoms with van der Waals surface area (Å²) in [5.74, 6) is 1.98. The Kier molecular flexibility index (Phi) is 6.93. The summed E-state index contributed by atoms with van der Waals surface area (Å²) in [5.41, 5.74) is 2.28. The van der Waals surface area contributed by atoms with Crippen LogP contribution < -0.4 is 10.2 Å². The zero-order valence-electron chi connectivity index (χ0n) is 13.9. The van der Waals surface area contributed by atoms with Gasteiger partial charge in [-0.3, -0.25) is 0 Å². The Balaban J connectivity index is 3.06. The van der Waals surface area contributed by atoms with Crippen molar-refractivity contribution in [3.05, 3.63) is 17.7 Å². The Labute approximate surface area is 124 Å². The van der Waals surface area contributed by atoms with E-state index >= 15 is 0 Å². The summed E-state index contributed by atoms with van der Waals surface area (Å²) in [5, 5.41) is 3.22. The van der Waals surface area contributed by atoms with Gasteiger partial charge in [0.25, 0.3) is 0 Å². The molecule has 0 bridgehead atoms. The van der Waals surface area contributed by atoms with E-state index in [1.54, 1.807) is 0 Å². The van der Waals surface area contributed by atoms with Gasteiger partial charge in [0.05, 0.1) is 17.6 Å². The topological polar surface area (TPSA) is 41.1 Å². The van der Waals surface area contributed by atoms with Crippen LogP contribution in [0.1, 0.15) is 58.5 Å². The third-order valence-corrected chi connectivity index (χ3v) is 3.68. The van der Waals surface area contributed by atoms with E-state index in [-0.39, 0.29) is 0 Å². The predicted molar refractivity (Wildman–Crippen MR) is 86.2 cm³/mol. The molecule has 1 aromatic heterocycles. The molecule has 1 aromatic rings. The maximum atomic E-state index is 4.75. The Morgan fingerprint density at radius 1 is 1.25 bits per heavy atom. The number of aromatic nitrogens is 2. The monoisotopic (exact) mass is 278 g/mol. The molecule has 114 valence electrons. The van der Waals surface area contributed by atoms with Crippen molar-refractivity contribution < 1.29 is 0 Å². The fraction of sp³-hybridized carbons (Fsp3) is 0.750. The van der Waals surface area contributed by atoms with Gasteiger partial charge in [0.1, 0.15) is 5.82 Å². The average Bonchev–Trinajstić information content (AvgIpc) is 2.45. The molecule has 0 aromatic carbocycles. The van der Waals surface area contributed by atoms with Crippen LogP contribution in [0, 0.1) is 5.92 Å². The molecule has 0 saturated heterocycles. The van der Waals surface area contributed by atoms with Gasteiger partial charge in [-0.05, 0) is 19.9 Å². The van der Waals surface area contributed by atoms with E-state index in [2.05, 4.69) is 49.8 Å². The molecule has 4 nitrogen and oxygen atoms in total. The molecule has 0 fully saturated rings. The van der Waals surface area contributed by atoms with Crippen LogP contribution in [0.5, 0.6) is 0 Å². The number of nitrogens with one attached hydrogen (secondary N) is 1. The SMILES string of the molecule is CCC(C)CN(CC)c1cnc(C(C)C)nc1CNC. The number of rotatable bonds is 8. The summed E-state index contributed by atoms with van der Waals surface area (Å²) in [6.07, 6.45) is 3.20. The van der Waals surface area contributed by atoms with E-state index in [0.717, 1.165) is 31.2 Å². The van der Waals surface area contributed by atoms with Crippen molar-refractivity contribution in [1.82, 2.24) is 15.3 Å². The largest absolute Gasteiger partial charge is 0.369 e. The first kappa shape index (κ1) is 16.9. The summed E-state index contributed by atoms with van der Waals surface area (Å²) in [6.45, 7) is 13.8. The summed E-state index contributed by atoms with van der Waals surface area (Å²) in [6, 6.07) is 0. The number of nitrogens with zero attached hydrogens (tertiary/aromatic N) is 3. The second-order valence-corrected chi connectivity index (χ2v) is 5.80. The third-order valence-electron chi connectivity index (χ3n) is 3.68. The van der Waals surface area contributed by atoms with Gasteiger partial charge in [0.15, 0.2) is 0 Å². The molecule has 0 amide bonds. The van der Waals surface area contributed by atoms with E-state index < -0.39 is 0 Å². The summed E-state index contributed by atoms with van der Waals surface area (Å²) in [4.78, 5) is 11.7. The Bertz CT molecular complexity index is 403. The van der Waals surface area contributed by atoms with Crippen LogP contribution in [0.4, 0.5) is 5.69 Å². The summed E-state index contributed by atoms with van der Waals surface area (Å²) >= 11 is 0. The molecule has 20 heavy (non-hydrogen) atoms.